The molecule has 0 aliphatic carbocycles. The topological polar surface area (TPSA) is 103 Å². The summed E-state index contributed by atoms with van der Waals surface area (Å²) < 4.78 is 5.43. The van der Waals surface area contributed by atoms with Crippen molar-refractivity contribution in [3.05, 3.63) is 57.8 Å². The summed E-state index contributed by atoms with van der Waals surface area (Å²) in [6, 6.07) is 6.79. The molecule has 0 saturated carbocycles. The van der Waals surface area contributed by atoms with Crippen LogP contribution in [0.2, 0.25) is 0 Å². The molecule has 0 aliphatic heterocycles. The monoisotopic (exact) mass is 274 g/mol. The largest absolute Gasteiger partial charge is 0.478 e. The van der Waals surface area contributed by atoms with Crippen LogP contribution in [0.15, 0.2) is 36.5 Å². The number of carbonyl (C=O) groups is 1. The molecule has 7 nitrogen and oxygen atoms in total. The van der Waals surface area contributed by atoms with Gasteiger partial charge < -0.3 is 9.84 Å². The second kappa shape index (κ2) is 5.35. The van der Waals surface area contributed by atoms with Crippen molar-refractivity contribution >= 4 is 11.7 Å². The Kier molecular flexibility index (Phi) is 3.60. The van der Waals surface area contributed by atoms with Crippen LogP contribution in [-0.2, 0) is 0 Å². The lowest BCUT2D eigenvalue weighted by Crippen LogP contribution is -1.98. The predicted molar refractivity (Wildman–Crippen MR) is 69.1 cm³/mol. The second-order valence-corrected chi connectivity index (χ2v) is 4.00. The van der Waals surface area contributed by atoms with Crippen LogP contribution in [0.1, 0.15) is 15.9 Å². The lowest BCUT2D eigenvalue weighted by atomic mass is 10.1. The molecule has 2 aromatic rings. The van der Waals surface area contributed by atoms with Crippen molar-refractivity contribution in [3.63, 3.8) is 0 Å². The molecule has 0 atom stereocenters. The van der Waals surface area contributed by atoms with Crippen molar-refractivity contribution in [1.82, 2.24) is 4.98 Å². The Morgan fingerprint density at radius 2 is 2.10 bits per heavy atom. The van der Waals surface area contributed by atoms with E-state index in [2.05, 4.69) is 4.98 Å². The molecule has 1 aromatic carbocycles. The molecule has 102 valence electrons. The second-order valence-electron chi connectivity index (χ2n) is 4.00. The zero-order valence-corrected chi connectivity index (χ0v) is 10.4. The molecule has 0 spiro atoms. The van der Waals surface area contributed by atoms with Crippen molar-refractivity contribution in [1.29, 1.82) is 0 Å². The Balaban J connectivity index is 2.28. The number of aromatic nitrogens is 1. The molecule has 7 heteroatoms. The Bertz CT molecular complexity index is 684. The Morgan fingerprint density at radius 3 is 2.70 bits per heavy atom. The number of rotatable bonds is 4. The van der Waals surface area contributed by atoms with Crippen LogP contribution < -0.4 is 4.74 Å². The van der Waals surface area contributed by atoms with Gasteiger partial charge in [-0.25, -0.2) is 9.78 Å². The highest BCUT2D eigenvalue weighted by Gasteiger charge is 2.11. The number of aryl methyl sites for hydroxylation is 1. The molecule has 1 aromatic heterocycles. The van der Waals surface area contributed by atoms with Gasteiger partial charge in [0.05, 0.1) is 16.6 Å². The lowest BCUT2D eigenvalue weighted by molar-refractivity contribution is -0.385. The molecule has 0 fully saturated rings. The van der Waals surface area contributed by atoms with Crippen LogP contribution >= 0.6 is 0 Å². The standard InChI is InChI=1S/C13H10N2O5/c1-8-6-9(13(16)17)2-3-11(8)20-12-7-10(15(18)19)4-5-14-12/h2-7H,1H3,(H,16,17). The van der Waals surface area contributed by atoms with Gasteiger partial charge in [0, 0.05) is 12.3 Å². The van der Waals surface area contributed by atoms with Gasteiger partial charge in [-0.3, -0.25) is 10.1 Å². The Morgan fingerprint density at radius 1 is 1.35 bits per heavy atom. The van der Waals surface area contributed by atoms with E-state index in [-0.39, 0.29) is 17.1 Å². The van der Waals surface area contributed by atoms with Crippen LogP contribution in [0.25, 0.3) is 0 Å². The first-order chi connectivity index (χ1) is 9.47. The molecule has 0 amide bonds. The molecular formula is C13H10N2O5. The highest BCUT2D eigenvalue weighted by atomic mass is 16.6. The number of pyridine rings is 1. The van der Waals surface area contributed by atoms with E-state index < -0.39 is 10.9 Å². The number of ether oxygens (including phenoxy) is 1. The molecule has 1 N–H and O–H groups in total. The SMILES string of the molecule is Cc1cc(C(=O)O)ccc1Oc1cc([N+](=O)[O-])ccn1. The summed E-state index contributed by atoms with van der Waals surface area (Å²) in [5.41, 5.74) is 0.606. The van der Waals surface area contributed by atoms with Crippen LogP contribution in [0.3, 0.4) is 0 Å². The van der Waals surface area contributed by atoms with E-state index in [9.17, 15) is 14.9 Å². The lowest BCUT2D eigenvalue weighted by Gasteiger charge is -2.08. The molecule has 0 bridgehead atoms. The van der Waals surface area contributed by atoms with Gasteiger partial charge in [-0.2, -0.15) is 0 Å². The average Bonchev–Trinajstić information content (AvgIpc) is 2.41. The maximum Gasteiger partial charge on any atom is 0.335 e. The van der Waals surface area contributed by atoms with E-state index in [1.54, 1.807) is 6.92 Å². The third-order valence-electron chi connectivity index (χ3n) is 2.57. The highest BCUT2D eigenvalue weighted by molar-refractivity contribution is 5.88. The number of aromatic carboxylic acids is 1. The summed E-state index contributed by atoms with van der Waals surface area (Å²) in [4.78, 5) is 24.8. The van der Waals surface area contributed by atoms with Crippen molar-refractivity contribution in [2.45, 2.75) is 6.92 Å². The maximum absolute atomic E-state index is 10.8. The fraction of sp³-hybridized carbons (Fsp3) is 0.0769. The number of benzene rings is 1. The van der Waals surface area contributed by atoms with E-state index in [1.165, 1.54) is 36.5 Å². The normalized spacial score (nSPS) is 10.1. The fourth-order valence-electron chi connectivity index (χ4n) is 1.58. The number of nitro groups is 1. The molecule has 0 saturated heterocycles. The minimum Gasteiger partial charge on any atom is -0.478 e. The molecule has 2 rings (SSSR count). The summed E-state index contributed by atoms with van der Waals surface area (Å²) in [5.74, 6) is -0.568. The van der Waals surface area contributed by atoms with Crippen LogP contribution in [-0.4, -0.2) is 21.0 Å². The van der Waals surface area contributed by atoms with Crippen LogP contribution in [0.4, 0.5) is 5.69 Å². The zero-order chi connectivity index (χ0) is 14.7. The van der Waals surface area contributed by atoms with Crippen LogP contribution in [0, 0.1) is 17.0 Å². The van der Waals surface area contributed by atoms with Gasteiger partial charge >= 0.3 is 5.97 Å². The quantitative estimate of drug-likeness (QED) is 0.679. The average molecular weight is 274 g/mol. The van der Waals surface area contributed by atoms with Gasteiger partial charge in [0.2, 0.25) is 5.88 Å². The van der Waals surface area contributed by atoms with E-state index in [0.717, 1.165) is 0 Å². The first-order valence-corrected chi connectivity index (χ1v) is 5.59. The van der Waals surface area contributed by atoms with Crippen LogP contribution in [0.5, 0.6) is 11.6 Å². The smallest absolute Gasteiger partial charge is 0.335 e. The fourth-order valence-corrected chi connectivity index (χ4v) is 1.58. The molecule has 0 aliphatic rings. The number of carboxylic acids is 1. The zero-order valence-electron chi connectivity index (χ0n) is 10.4. The molecular weight excluding hydrogens is 264 g/mol. The molecule has 20 heavy (non-hydrogen) atoms. The van der Waals surface area contributed by atoms with Gasteiger partial charge in [0.1, 0.15) is 5.75 Å². The van der Waals surface area contributed by atoms with Gasteiger partial charge in [-0.1, -0.05) is 0 Å². The first kappa shape index (κ1) is 13.5. The van der Waals surface area contributed by atoms with Gasteiger partial charge in [-0.15, -0.1) is 0 Å². The van der Waals surface area contributed by atoms with Gasteiger partial charge in [0.15, 0.2) is 0 Å². The van der Waals surface area contributed by atoms with Crippen molar-refractivity contribution in [3.8, 4) is 11.6 Å². The van der Waals surface area contributed by atoms with Crippen molar-refractivity contribution in [2.24, 2.45) is 0 Å². The predicted octanol–water partition coefficient (Wildman–Crippen LogP) is 2.79. The maximum atomic E-state index is 10.8. The first-order valence-electron chi connectivity index (χ1n) is 5.59. The number of hydrogen-bond acceptors (Lipinski definition) is 5. The van der Waals surface area contributed by atoms with E-state index in [4.69, 9.17) is 9.84 Å². The highest BCUT2D eigenvalue weighted by Crippen LogP contribution is 2.26. The third-order valence-corrected chi connectivity index (χ3v) is 2.57. The number of hydrogen-bond donors (Lipinski definition) is 1. The third kappa shape index (κ3) is 2.89. The van der Waals surface area contributed by atoms with Gasteiger partial charge in [-0.05, 0) is 30.7 Å². The van der Waals surface area contributed by atoms with E-state index >= 15 is 0 Å². The van der Waals surface area contributed by atoms with Crippen molar-refractivity contribution in [2.75, 3.05) is 0 Å². The molecule has 1 heterocycles. The minimum atomic E-state index is -1.03. The summed E-state index contributed by atoms with van der Waals surface area (Å²) in [5, 5.41) is 19.5. The van der Waals surface area contributed by atoms with Crippen molar-refractivity contribution < 1.29 is 19.6 Å². The Hall–Kier alpha value is -2.96. The molecule has 0 unspecified atom stereocenters. The summed E-state index contributed by atoms with van der Waals surface area (Å²) >= 11 is 0. The summed E-state index contributed by atoms with van der Waals surface area (Å²) in [7, 11) is 0. The molecule has 0 radical (unpaired) electrons. The number of nitrogens with zero attached hydrogens (tertiary/aromatic N) is 2. The number of carboxylic acid groups (broad SMARTS) is 1. The van der Waals surface area contributed by atoms with E-state index in [0.29, 0.717) is 11.3 Å². The summed E-state index contributed by atoms with van der Waals surface area (Å²) in [6.45, 7) is 1.68. The minimum absolute atomic E-state index is 0.0744. The van der Waals surface area contributed by atoms with Gasteiger partial charge in [0.25, 0.3) is 5.69 Å². The Labute approximate surface area is 113 Å². The summed E-state index contributed by atoms with van der Waals surface area (Å²) in [6.07, 6.45) is 1.27. The van der Waals surface area contributed by atoms with E-state index in [1.807, 2.05) is 0 Å².